The molecule has 0 aromatic heterocycles. The summed E-state index contributed by atoms with van der Waals surface area (Å²) in [4.78, 5) is 11.8. The highest BCUT2D eigenvalue weighted by molar-refractivity contribution is 9.10. The predicted octanol–water partition coefficient (Wildman–Crippen LogP) is 3.83. The van der Waals surface area contributed by atoms with Crippen LogP contribution in [0.1, 0.15) is 0 Å². The molecule has 0 aliphatic rings. The third-order valence-electron chi connectivity index (χ3n) is 2.43. The summed E-state index contributed by atoms with van der Waals surface area (Å²) in [7, 11) is 0. The predicted molar refractivity (Wildman–Crippen MR) is 81.4 cm³/mol. The second-order valence-corrected chi connectivity index (χ2v) is 5.22. The van der Waals surface area contributed by atoms with Crippen molar-refractivity contribution in [1.82, 2.24) is 0 Å². The van der Waals surface area contributed by atoms with E-state index in [0.29, 0.717) is 10.8 Å². The number of carbonyl (C=O) groups excluding carboxylic acids is 1. The number of hydrogen-bond acceptors (Lipinski definition) is 3. The normalized spacial score (nSPS) is 10.1. The smallest absolute Gasteiger partial charge is 0.262 e. The largest absolute Gasteiger partial charge is 0.506 e. The molecule has 2 aromatic rings. The molecule has 0 heterocycles. The second kappa shape index (κ2) is 6.63. The van der Waals surface area contributed by atoms with Gasteiger partial charge in [-0.1, -0.05) is 23.7 Å². The molecule has 104 valence electrons. The van der Waals surface area contributed by atoms with E-state index in [1.165, 1.54) is 18.2 Å². The number of para-hydroxylation sites is 1. The molecule has 0 bridgehead atoms. The maximum absolute atomic E-state index is 11.8. The van der Waals surface area contributed by atoms with Crippen LogP contribution in [0.25, 0.3) is 0 Å². The molecule has 20 heavy (non-hydrogen) atoms. The van der Waals surface area contributed by atoms with E-state index in [1.807, 2.05) is 12.1 Å². The molecule has 0 aliphatic carbocycles. The van der Waals surface area contributed by atoms with Crippen LogP contribution in [0.3, 0.4) is 0 Å². The first-order valence-corrected chi connectivity index (χ1v) is 6.89. The van der Waals surface area contributed by atoms with Crippen molar-refractivity contribution in [3.8, 4) is 11.5 Å². The number of ether oxygens (including phenoxy) is 1. The Bertz CT molecular complexity index is 634. The maximum Gasteiger partial charge on any atom is 0.262 e. The summed E-state index contributed by atoms with van der Waals surface area (Å²) in [6.07, 6.45) is 0. The van der Waals surface area contributed by atoms with Gasteiger partial charge in [0.2, 0.25) is 0 Å². The minimum atomic E-state index is -0.390. The Balaban J connectivity index is 1.96. The van der Waals surface area contributed by atoms with Crippen molar-refractivity contribution in [2.75, 3.05) is 11.9 Å². The first kappa shape index (κ1) is 14.7. The van der Waals surface area contributed by atoms with Gasteiger partial charge in [0.15, 0.2) is 6.61 Å². The summed E-state index contributed by atoms with van der Waals surface area (Å²) in [6.45, 7) is -0.172. The zero-order chi connectivity index (χ0) is 14.5. The van der Waals surface area contributed by atoms with E-state index in [0.717, 1.165) is 4.47 Å². The third kappa shape index (κ3) is 3.88. The highest BCUT2D eigenvalue weighted by Crippen LogP contribution is 2.27. The first-order valence-electron chi connectivity index (χ1n) is 5.72. The SMILES string of the molecule is O=C(COc1ccccc1Br)Nc1cc(Cl)ccc1O. The van der Waals surface area contributed by atoms with Gasteiger partial charge in [-0.3, -0.25) is 4.79 Å². The Morgan fingerprint density at radius 1 is 1.30 bits per heavy atom. The van der Waals surface area contributed by atoms with E-state index in [2.05, 4.69) is 21.2 Å². The van der Waals surface area contributed by atoms with Crippen molar-refractivity contribution in [3.05, 3.63) is 52.0 Å². The molecule has 0 unspecified atom stereocenters. The molecule has 4 nitrogen and oxygen atoms in total. The minimum absolute atomic E-state index is 0.0522. The summed E-state index contributed by atoms with van der Waals surface area (Å²) in [6, 6.07) is 11.6. The standard InChI is InChI=1S/C14H11BrClNO3/c15-10-3-1-2-4-13(10)20-8-14(19)17-11-7-9(16)5-6-12(11)18/h1-7,18H,8H2,(H,17,19). The Hall–Kier alpha value is -1.72. The fourth-order valence-electron chi connectivity index (χ4n) is 1.50. The Morgan fingerprint density at radius 3 is 2.80 bits per heavy atom. The van der Waals surface area contributed by atoms with Gasteiger partial charge in [0.05, 0.1) is 10.2 Å². The monoisotopic (exact) mass is 355 g/mol. The third-order valence-corrected chi connectivity index (χ3v) is 3.32. The van der Waals surface area contributed by atoms with Gasteiger partial charge in [-0.2, -0.15) is 0 Å². The van der Waals surface area contributed by atoms with E-state index < -0.39 is 5.91 Å². The van der Waals surface area contributed by atoms with Gasteiger partial charge in [-0.25, -0.2) is 0 Å². The van der Waals surface area contributed by atoms with Crippen molar-refractivity contribution >= 4 is 39.1 Å². The van der Waals surface area contributed by atoms with Gasteiger partial charge in [-0.05, 0) is 46.3 Å². The van der Waals surface area contributed by atoms with E-state index >= 15 is 0 Å². The molecule has 0 radical (unpaired) electrons. The lowest BCUT2D eigenvalue weighted by atomic mass is 10.3. The molecule has 2 aromatic carbocycles. The number of phenolic OH excluding ortho intramolecular Hbond substituents is 1. The van der Waals surface area contributed by atoms with Gasteiger partial charge in [0.25, 0.3) is 5.91 Å². The summed E-state index contributed by atoms with van der Waals surface area (Å²) < 4.78 is 6.13. The Morgan fingerprint density at radius 2 is 2.05 bits per heavy atom. The Labute approximate surface area is 129 Å². The quantitative estimate of drug-likeness (QED) is 0.819. The summed E-state index contributed by atoms with van der Waals surface area (Å²) in [5, 5.41) is 12.5. The van der Waals surface area contributed by atoms with Crippen molar-refractivity contribution in [2.24, 2.45) is 0 Å². The van der Waals surface area contributed by atoms with Crippen LogP contribution >= 0.6 is 27.5 Å². The van der Waals surface area contributed by atoms with Crippen molar-refractivity contribution in [3.63, 3.8) is 0 Å². The lowest BCUT2D eigenvalue weighted by molar-refractivity contribution is -0.118. The highest BCUT2D eigenvalue weighted by Gasteiger charge is 2.09. The lowest BCUT2D eigenvalue weighted by Crippen LogP contribution is -2.20. The van der Waals surface area contributed by atoms with Gasteiger partial charge >= 0.3 is 0 Å². The summed E-state index contributed by atoms with van der Waals surface area (Å²) >= 11 is 9.11. The minimum Gasteiger partial charge on any atom is -0.506 e. The number of hydrogen-bond donors (Lipinski definition) is 2. The molecule has 0 atom stereocenters. The van der Waals surface area contributed by atoms with E-state index in [1.54, 1.807) is 12.1 Å². The number of nitrogens with one attached hydrogen (secondary N) is 1. The number of benzene rings is 2. The second-order valence-electron chi connectivity index (χ2n) is 3.93. The number of aromatic hydroxyl groups is 1. The average molecular weight is 357 g/mol. The number of carbonyl (C=O) groups is 1. The van der Waals surface area contributed by atoms with Crippen LogP contribution in [-0.2, 0) is 4.79 Å². The van der Waals surface area contributed by atoms with Gasteiger partial charge in [0.1, 0.15) is 11.5 Å². The lowest BCUT2D eigenvalue weighted by Gasteiger charge is -2.10. The number of rotatable bonds is 4. The van der Waals surface area contributed by atoms with Crippen LogP contribution in [0.4, 0.5) is 5.69 Å². The van der Waals surface area contributed by atoms with Crippen molar-refractivity contribution < 1.29 is 14.6 Å². The Kier molecular flexibility index (Phi) is 4.87. The zero-order valence-corrected chi connectivity index (χ0v) is 12.6. The number of phenols is 1. The molecule has 0 fully saturated rings. The van der Waals surface area contributed by atoms with Crippen LogP contribution in [-0.4, -0.2) is 17.6 Å². The number of amides is 1. The molecule has 0 spiro atoms. The molecule has 6 heteroatoms. The van der Waals surface area contributed by atoms with E-state index in [9.17, 15) is 9.90 Å². The average Bonchev–Trinajstić information content (AvgIpc) is 2.42. The van der Waals surface area contributed by atoms with Crippen molar-refractivity contribution in [1.29, 1.82) is 0 Å². The maximum atomic E-state index is 11.8. The summed E-state index contributed by atoms with van der Waals surface area (Å²) in [5.41, 5.74) is 0.248. The van der Waals surface area contributed by atoms with Crippen LogP contribution in [0.5, 0.6) is 11.5 Å². The fraction of sp³-hybridized carbons (Fsp3) is 0.0714. The van der Waals surface area contributed by atoms with E-state index in [4.69, 9.17) is 16.3 Å². The molecule has 0 saturated heterocycles. The van der Waals surface area contributed by atoms with Crippen LogP contribution in [0.15, 0.2) is 46.9 Å². The molecule has 0 saturated carbocycles. The fourth-order valence-corrected chi connectivity index (χ4v) is 2.07. The molecular formula is C14H11BrClNO3. The van der Waals surface area contributed by atoms with Crippen molar-refractivity contribution in [2.45, 2.75) is 0 Å². The molecular weight excluding hydrogens is 346 g/mol. The van der Waals surface area contributed by atoms with Gasteiger partial charge in [0, 0.05) is 5.02 Å². The van der Waals surface area contributed by atoms with Gasteiger partial charge in [-0.15, -0.1) is 0 Å². The van der Waals surface area contributed by atoms with E-state index in [-0.39, 0.29) is 18.0 Å². The number of halogens is 2. The number of anilines is 1. The van der Waals surface area contributed by atoms with Gasteiger partial charge < -0.3 is 15.2 Å². The molecule has 2 rings (SSSR count). The summed E-state index contributed by atoms with van der Waals surface area (Å²) in [5.74, 6) is 0.125. The molecule has 0 aliphatic heterocycles. The first-order chi connectivity index (χ1) is 9.56. The highest BCUT2D eigenvalue weighted by atomic mass is 79.9. The van der Waals surface area contributed by atoms with Crippen LogP contribution in [0.2, 0.25) is 5.02 Å². The molecule has 2 N–H and O–H groups in total. The molecule has 1 amide bonds. The zero-order valence-electron chi connectivity index (χ0n) is 10.3. The van der Waals surface area contributed by atoms with Crippen LogP contribution < -0.4 is 10.1 Å². The topological polar surface area (TPSA) is 58.6 Å². The van der Waals surface area contributed by atoms with Crippen LogP contribution in [0, 0.1) is 0 Å².